The van der Waals surface area contributed by atoms with Gasteiger partial charge in [-0.1, -0.05) is 0 Å². The van der Waals surface area contributed by atoms with Gasteiger partial charge in [-0.3, -0.25) is 14.9 Å². The molecule has 0 aromatic heterocycles. The highest BCUT2D eigenvalue weighted by Gasteiger charge is 2.35. The van der Waals surface area contributed by atoms with Crippen molar-refractivity contribution in [1.29, 1.82) is 0 Å². The number of ketones is 1. The third kappa shape index (κ3) is 1.78. The second-order valence-electron chi connectivity index (χ2n) is 3.42. The van der Waals surface area contributed by atoms with E-state index in [1.54, 1.807) is 0 Å². The topological polar surface area (TPSA) is 116 Å². The largest absolute Gasteiger partial charge is 0.501 e. The molecule has 7 nitrogen and oxygen atoms in total. The van der Waals surface area contributed by atoms with E-state index < -0.39 is 22.6 Å². The summed E-state index contributed by atoms with van der Waals surface area (Å²) in [7, 11) is 0. The van der Waals surface area contributed by atoms with Crippen LogP contribution in [-0.4, -0.2) is 15.8 Å². The van der Waals surface area contributed by atoms with Crippen LogP contribution in [0.1, 0.15) is 11.7 Å². The minimum atomic E-state index is -1.03. The molecule has 1 aromatic rings. The molecule has 2 rings (SSSR count). The van der Waals surface area contributed by atoms with E-state index in [9.17, 15) is 20.0 Å². The molecule has 0 spiro atoms. The summed E-state index contributed by atoms with van der Waals surface area (Å²) in [5.41, 5.74) is 5.56. The van der Waals surface area contributed by atoms with Gasteiger partial charge in [0.05, 0.1) is 4.92 Å². The fraction of sp³-hybridized carbons (Fsp3) is 0.100. The maximum absolute atomic E-state index is 11.5. The summed E-state index contributed by atoms with van der Waals surface area (Å²) in [6.07, 6.45) is -1.03. The SMILES string of the molecule is NC1=C(O)C(=O)[C@@H](c2ccc([N+](=O)[O-])cc2)O1. The van der Waals surface area contributed by atoms with Crippen LogP contribution in [0.25, 0.3) is 0 Å². The molecule has 0 aliphatic carbocycles. The zero-order valence-electron chi connectivity index (χ0n) is 8.49. The molecule has 1 heterocycles. The predicted octanol–water partition coefficient (Wildman–Crippen LogP) is 0.921. The van der Waals surface area contributed by atoms with Crippen LogP contribution < -0.4 is 5.73 Å². The molecule has 1 aliphatic heterocycles. The standard InChI is InChI=1S/C10H8N2O5/c11-10-8(14)7(13)9(17-10)5-1-3-6(4-2-5)12(15)16/h1-4,9,14H,11H2/t9-/m1/s1. The van der Waals surface area contributed by atoms with Crippen molar-refractivity contribution in [1.82, 2.24) is 0 Å². The minimum Gasteiger partial charge on any atom is -0.501 e. The van der Waals surface area contributed by atoms with Gasteiger partial charge in [0.15, 0.2) is 6.10 Å². The van der Waals surface area contributed by atoms with Crippen molar-refractivity contribution >= 4 is 11.5 Å². The fourth-order valence-electron chi connectivity index (χ4n) is 1.47. The van der Waals surface area contributed by atoms with Crippen LogP contribution in [0.4, 0.5) is 5.69 Å². The first-order valence-electron chi connectivity index (χ1n) is 4.64. The molecular formula is C10H8N2O5. The maximum atomic E-state index is 11.5. The number of nitrogens with two attached hydrogens (primary N) is 1. The van der Waals surface area contributed by atoms with Crippen molar-refractivity contribution in [2.75, 3.05) is 0 Å². The number of nitro groups is 1. The number of aliphatic hydroxyl groups excluding tert-OH is 1. The molecule has 17 heavy (non-hydrogen) atoms. The van der Waals surface area contributed by atoms with Crippen LogP contribution in [-0.2, 0) is 9.53 Å². The van der Waals surface area contributed by atoms with Gasteiger partial charge in [0.2, 0.25) is 17.4 Å². The van der Waals surface area contributed by atoms with Crippen LogP contribution >= 0.6 is 0 Å². The molecule has 1 aromatic carbocycles. The van der Waals surface area contributed by atoms with Gasteiger partial charge in [-0.15, -0.1) is 0 Å². The zero-order valence-corrected chi connectivity index (χ0v) is 8.49. The number of carbonyl (C=O) groups excluding carboxylic acids is 1. The lowest BCUT2D eigenvalue weighted by Gasteiger charge is -2.09. The maximum Gasteiger partial charge on any atom is 0.269 e. The van der Waals surface area contributed by atoms with Crippen molar-refractivity contribution in [3.05, 3.63) is 51.6 Å². The number of hydrogen-bond donors (Lipinski definition) is 2. The highest BCUT2D eigenvalue weighted by molar-refractivity contribution is 5.99. The molecule has 1 atom stereocenters. The molecule has 7 heteroatoms. The van der Waals surface area contributed by atoms with Crippen LogP contribution in [0.3, 0.4) is 0 Å². The van der Waals surface area contributed by atoms with Gasteiger partial charge in [-0.25, -0.2) is 0 Å². The Morgan fingerprint density at radius 1 is 1.35 bits per heavy atom. The number of hydrogen-bond acceptors (Lipinski definition) is 6. The smallest absolute Gasteiger partial charge is 0.269 e. The van der Waals surface area contributed by atoms with Gasteiger partial charge in [0, 0.05) is 17.7 Å². The summed E-state index contributed by atoms with van der Waals surface area (Å²) in [5.74, 6) is -1.61. The number of Topliss-reactive ketones (excluding diaryl/α,β-unsaturated/α-hetero) is 1. The molecule has 0 saturated heterocycles. The molecule has 0 unspecified atom stereocenters. The number of nitro benzene ring substituents is 1. The Balaban J connectivity index is 2.26. The van der Waals surface area contributed by atoms with E-state index in [2.05, 4.69) is 0 Å². The van der Waals surface area contributed by atoms with Gasteiger partial charge >= 0.3 is 0 Å². The first-order chi connectivity index (χ1) is 8.00. The molecule has 0 amide bonds. The number of benzene rings is 1. The minimum absolute atomic E-state index is 0.0932. The molecule has 0 saturated carbocycles. The Morgan fingerprint density at radius 2 is 1.94 bits per heavy atom. The molecule has 0 bridgehead atoms. The van der Waals surface area contributed by atoms with E-state index in [0.717, 1.165) is 0 Å². The van der Waals surface area contributed by atoms with E-state index in [1.165, 1.54) is 24.3 Å². The van der Waals surface area contributed by atoms with Crippen molar-refractivity contribution < 1.29 is 19.6 Å². The summed E-state index contributed by atoms with van der Waals surface area (Å²) in [6, 6.07) is 5.26. The Kier molecular flexibility index (Phi) is 2.43. The lowest BCUT2D eigenvalue weighted by Crippen LogP contribution is -2.09. The van der Waals surface area contributed by atoms with Gasteiger partial charge in [0.1, 0.15) is 0 Å². The van der Waals surface area contributed by atoms with Gasteiger partial charge in [0.25, 0.3) is 5.69 Å². The summed E-state index contributed by atoms with van der Waals surface area (Å²) in [6.45, 7) is 0. The zero-order chi connectivity index (χ0) is 12.6. The lowest BCUT2D eigenvalue weighted by molar-refractivity contribution is -0.384. The van der Waals surface area contributed by atoms with Crippen LogP contribution in [0.5, 0.6) is 0 Å². The second kappa shape index (κ2) is 3.78. The van der Waals surface area contributed by atoms with Gasteiger partial charge in [-0.05, 0) is 12.1 Å². The van der Waals surface area contributed by atoms with E-state index >= 15 is 0 Å². The number of nitrogens with zero attached hydrogens (tertiary/aromatic N) is 1. The predicted molar refractivity (Wildman–Crippen MR) is 55.8 cm³/mol. The molecule has 1 aliphatic rings. The highest BCUT2D eigenvalue weighted by atomic mass is 16.6. The van der Waals surface area contributed by atoms with Crippen molar-refractivity contribution in [3.63, 3.8) is 0 Å². The first-order valence-corrected chi connectivity index (χ1v) is 4.64. The first kappa shape index (κ1) is 10.9. The third-order valence-electron chi connectivity index (χ3n) is 2.36. The number of ether oxygens (including phenoxy) is 1. The van der Waals surface area contributed by atoms with Gasteiger partial charge < -0.3 is 15.6 Å². The summed E-state index contributed by atoms with van der Waals surface area (Å²) < 4.78 is 4.96. The van der Waals surface area contributed by atoms with E-state index in [-0.39, 0.29) is 11.6 Å². The molecule has 3 N–H and O–H groups in total. The van der Waals surface area contributed by atoms with Crippen molar-refractivity contribution in [2.24, 2.45) is 5.73 Å². The number of non-ortho nitro benzene ring substituents is 1. The van der Waals surface area contributed by atoms with Crippen LogP contribution in [0, 0.1) is 10.1 Å². The highest BCUT2D eigenvalue weighted by Crippen LogP contribution is 2.30. The average molecular weight is 236 g/mol. The number of rotatable bonds is 2. The molecule has 0 radical (unpaired) electrons. The summed E-state index contributed by atoms with van der Waals surface area (Å²) in [5, 5.41) is 19.7. The number of aliphatic hydroxyl groups is 1. The Hall–Kier alpha value is -2.57. The lowest BCUT2D eigenvalue weighted by atomic mass is 10.1. The number of carbonyl (C=O) groups is 1. The van der Waals surface area contributed by atoms with Crippen molar-refractivity contribution in [3.8, 4) is 0 Å². The van der Waals surface area contributed by atoms with Gasteiger partial charge in [-0.2, -0.15) is 0 Å². The van der Waals surface area contributed by atoms with E-state index in [1.807, 2.05) is 0 Å². The Morgan fingerprint density at radius 3 is 2.35 bits per heavy atom. The average Bonchev–Trinajstić information content (AvgIpc) is 2.57. The molecule has 0 fully saturated rings. The normalized spacial score (nSPS) is 19.3. The fourth-order valence-corrected chi connectivity index (χ4v) is 1.47. The summed E-state index contributed by atoms with van der Waals surface area (Å²) in [4.78, 5) is 21.4. The quantitative estimate of drug-likeness (QED) is 0.582. The Labute approximate surface area is 95.3 Å². The summed E-state index contributed by atoms with van der Waals surface area (Å²) >= 11 is 0. The van der Waals surface area contributed by atoms with Crippen molar-refractivity contribution in [2.45, 2.75) is 6.10 Å². The monoisotopic (exact) mass is 236 g/mol. The van der Waals surface area contributed by atoms with E-state index in [0.29, 0.717) is 5.56 Å². The third-order valence-corrected chi connectivity index (χ3v) is 2.36. The molecular weight excluding hydrogens is 228 g/mol. The second-order valence-corrected chi connectivity index (χ2v) is 3.42. The van der Waals surface area contributed by atoms with Crippen LogP contribution in [0.2, 0.25) is 0 Å². The van der Waals surface area contributed by atoms with E-state index in [4.69, 9.17) is 10.5 Å². The van der Waals surface area contributed by atoms with Crippen LogP contribution in [0.15, 0.2) is 35.9 Å². The Bertz CT molecular complexity index is 520. The molecule has 88 valence electrons.